The SMILES string of the molecule is C1=NCCN1.CCCCCCCCC=CCCCCCCCC(=O)O. The van der Waals surface area contributed by atoms with E-state index in [1.807, 2.05) is 0 Å². The van der Waals surface area contributed by atoms with Gasteiger partial charge >= 0.3 is 5.97 Å². The highest BCUT2D eigenvalue weighted by molar-refractivity contribution is 5.66. The van der Waals surface area contributed by atoms with Gasteiger partial charge in [0.25, 0.3) is 0 Å². The second-order valence-corrected chi connectivity index (χ2v) is 6.72. The van der Waals surface area contributed by atoms with Gasteiger partial charge in [0.15, 0.2) is 0 Å². The first-order valence-electron chi connectivity index (χ1n) is 10.4. The maximum absolute atomic E-state index is 10.3. The molecular weight excluding hydrogens is 312 g/mol. The molecule has 0 saturated heterocycles. The molecule has 1 heterocycles. The summed E-state index contributed by atoms with van der Waals surface area (Å²) >= 11 is 0. The molecule has 0 spiro atoms. The number of hydrogen-bond acceptors (Lipinski definition) is 3. The van der Waals surface area contributed by atoms with Gasteiger partial charge in [-0.2, -0.15) is 0 Å². The molecule has 1 rings (SSSR count). The second kappa shape index (κ2) is 20.7. The molecule has 1 aliphatic rings. The Morgan fingerprint density at radius 1 is 0.960 bits per heavy atom. The number of carboxylic acids is 1. The first-order valence-corrected chi connectivity index (χ1v) is 10.4. The maximum atomic E-state index is 10.3. The molecule has 0 aromatic carbocycles. The first-order chi connectivity index (χ1) is 12.3. The van der Waals surface area contributed by atoms with Crippen molar-refractivity contribution in [2.24, 2.45) is 4.99 Å². The lowest BCUT2D eigenvalue weighted by Crippen LogP contribution is -2.04. The van der Waals surface area contributed by atoms with Gasteiger partial charge in [0.05, 0.1) is 12.9 Å². The maximum Gasteiger partial charge on any atom is 0.303 e. The number of nitrogens with one attached hydrogen (secondary N) is 1. The van der Waals surface area contributed by atoms with Crippen LogP contribution in [-0.2, 0) is 4.79 Å². The van der Waals surface area contributed by atoms with Gasteiger partial charge in [-0.1, -0.05) is 70.4 Å². The molecule has 0 aromatic rings. The quantitative estimate of drug-likeness (QED) is 0.292. The van der Waals surface area contributed by atoms with Crippen LogP contribution in [0, 0.1) is 0 Å². The molecule has 0 bridgehead atoms. The Kier molecular flexibility index (Phi) is 19.6. The first kappa shape index (κ1) is 23.7. The zero-order valence-electron chi connectivity index (χ0n) is 16.3. The Morgan fingerprint density at radius 3 is 1.96 bits per heavy atom. The fraction of sp³-hybridized carbons (Fsp3) is 0.810. The summed E-state index contributed by atoms with van der Waals surface area (Å²) in [7, 11) is 0. The summed E-state index contributed by atoms with van der Waals surface area (Å²) in [6.45, 7) is 4.24. The Labute approximate surface area is 155 Å². The summed E-state index contributed by atoms with van der Waals surface area (Å²) in [5.74, 6) is -0.664. The molecule has 4 nitrogen and oxygen atoms in total. The molecule has 0 saturated carbocycles. The molecule has 0 fully saturated rings. The number of carbonyl (C=O) groups is 1. The van der Waals surface area contributed by atoms with Crippen LogP contribution >= 0.6 is 0 Å². The van der Waals surface area contributed by atoms with Crippen molar-refractivity contribution in [3.05, 3.63) is 12.2 Å². The monoisotopic (exact) mass is 352 g/mol. The Balaban J connectivity index is 0.000000972. The number of hydrogen-bond donors (Lipinski definition) is 2. The molecular formula is C21H40N2O2. The van der Waals surface area contributed by atoms with Crippen LogP contribution in [-0.4, -0.2) is 30.5 Å². The van der Waals surface area contributed by atoms with Crippen molar-refractivity contribution in [2.75, 3.05) is 13.1 Å². The van der Waals surface area contributed by atoms with Gasteiger partial charge in [-0.3, -0.25) is 9.79 Å². The fourth-order valence-electron chi connectivity index (χ4n) is 2.67. The van der Waals surface area contributed by atoms with Gasteiger partial charge in [0.2, 0.25) is 0 Å². The van der Waals surface area contributed by atoms with Crippen LogP contribution in [0.25, 0.3) is 0 Å². The van der Waals surface area contributed by atoms with E-state index in [-0.39, 0.29) is 0 Å². The number of unbranched alkanes of at least 4 members (excludes halogenated alkanes) is 11. The van der Waals surface area contributed by atoms with E-state index in [1.165, 1.54) is 70.6 Å². The molecule has 0 aliphatic carbocycles. The van der Waals surface area contributed by atoms with Crippen LogP contribution in [0.5, 0.6) is 0 Å². The van der Waals surface area contributed by atoms with Crippen molar-refractivity contribution < 1.29 is 9.90 Å². The molecule has 4 heteroatoms. The highest BCUT2D eigenvalue weighted by Gasteiger charge is 1.95. The number of nitrogens with zero attached hydrogens (tertiary/aromatic N) is 1. The zero-order valence-corrected chi connectivity index (χ0v) is 16.3. The number of aliphatic imine (C=N–C) groups is 1. The number of carboxylic acid groups (broad SMARTS) is 1. The predicted octanol–water partition coefficient (Wildman–Crippen LogP) is 5.73. The van der Waals surface area contributed by atoms with Gasteiger partial charge in [0, 0.05) is 13.0 Å². The molecule has 0 aromatic heterocycles. The van der Waals surface area contributed by atoms with Crippen LogP contribution < -0.4 is 5.32 Å². The minimum atomic E-state index is -0.664. The largest absolute Gasteiger partial charge is 0.481 e. The average Bonchev–Trinajstić information content (AvgIpc) is 3.18. The fourth-order valence-corrected chi connectivity index (χ4v) is 2.67. The minimum absolute atomic E-state index is 0.332. The molecule has 146 valence electrons. The second-order valence-electron chi connectivity index (χ2n) is 6.72. The third-order valence-electron chi connectivity index (χ3n) is 4.22. The van der Waals surface area contributed by atoms with Crippen LogP contribution in [0.15, 0.2) is 17.1 Å². The van der Waals surface area contributed by atoms with E-state index < -0.39 is 5.97 Å². The van der Waals surface area contributed by atoms with E-state index in [1.54, 1.807) is 6.34 Å². The molecule has 1 aliphatic heterocycles. The van der Waals surface area contributed by atoms with Gasteiger partial charge in [-0.05, 0) is 32.1 Å². The molecule has 25 heavy (non-hydrogen) atoms. The van der Waals surface area contributed by atoms with Gasteiger partial charge < -0.3 is 10.4 Å². The summed E-state index contributed by atoms with van der Waals surface area (Å²) in [4.78, 5) is 14.2. The van der Waals surface area contributed by atoms with E-state index in [2.05, 4.69) is 29.4 Å². The van der Waals surface area contributed by atoms with E-state index in [4.69, 9.17) is 5.11 Å². The smallest absolute Gasteiger partial charge is 0.303 e. The lowest BCUT2D eigenvalue weighted by molar-refractivity contribution is -0.137. The number of allylic oxidation sites excluding steroid dienone is 2. The third-order valence-corrected chi connectivity index (χ3v) is 4.22. The molecule has 0 radical (unpaired) electrons. The lowest BCUT2D eigenvalue weighted by atomic mass is 10.1. The van der Waals surface area contributed by atoms with Crippen molar-refractivity contribution in [1.82, 2.24) is 5.32 Å². The van der Waals surface area contributed by atoms with Crippen LogP contribution in [0.3, 0.4) is 0 Å². The Morgan fingerprint density at radius 2 is 1.52 bits per heavy atom. The summed E-state index contributed by atoms with van der Waals surface area (Å²) in [5.41, 5.74) is 0. The summed E-state index contributed by atoms with van der Waals surface area (Å²) in [5, 5.41) is 11.4. The number of rotatable bonds is 15. The average molecular weight is 353 g/mol. The van der Waals surface area contributed by atoms with Crippen molar-refractivity contribution in [2.45, 2.75) is 96.8 Å². The van der Waals surface area contributed by atoms with Gasteiger partial charge in [-0.25, -0.2) is 0 Å². The highest BCUT2D eigenvalue weighted by atomic mass is 16.4. The highest BCUT2D eigenvalue weighted by Crippen LogP contribution is 2.09. The van der Waals surface area contributed by atoms with Crippen LogP contribution in [0.4, 0.5) is 0 Å². The Hall–Kier alpha value is -1.32. The normalized spacial score (nSPS) is 12.8. The van der Waals surface area contributed by atoms with E-state index in [0.29, 0.717) is 6.42 Å². The topological polar surface area (TPSA) is 61.7 Å². The molecule has 0 unspecified atom stereocenters. The van der Waals surface area contributed by atoms with Crippen molar-refractivity contribution in [3.63, 3.8) is 0 Å². The summed E-state index contributed by atoms with van der Waals surface area (Å²) in [6, 6.07) is 0. The summed E-state index contributed by atoms with van der Waals surface area (Å²) in [6.07, 6.45) is 23.0. The van der Waals surface area contributed by atoms with Crippen molar-refractivity contribution in [3.8, 4) is 0 Å². The molecule has 2 N–H and O–H groups in total. The van der Waals surface area contributed by atoms with Crippen LogP contribution in [0.1, 0.15) is 96.8 Å². The predicted molar refractivity (Wildman–Crippen MR) is 108 cm³/mol. The molecule has 0 atom stereocenters. The van der Waals surface area contributed by atoms with E-state index >= 15 is 0 Å². The zero-order chi connectivity index (χ0) is 18.4. The van der Waals surface area contributed by atoms with E-state index in [0.717, 1.165) is 25.9 Å². The standard InChI is InChI=1S/C18H34O2.C3H6N2/c1-2-3-4-5-6-7-8-9-10-11-12-13-14-15-16-17-18(19)20;1-2-5-3-4-1/h9-10H,2-8,11-17H2,1H3,(H,19,20);3H,1-2H2,(H,4,5). The van der Waals surface area contributed by atoms with E-state index in [9.17, 15) is 4.79 Å². The van der Waals surface area contributed by atoms with Crippen molar-refractivity contribution in [1.29, 1.82) is 0 Å². The Bertz CT molecular complexity index is 335. The van der Waals surface area contributed by atoms with Gasteiger partial charge in [0.1, 0.15) is 0 Å². The van der Waals surface area contributed by atoms with Gasteiger partial charge in [-0.15, -0.1) is 0 Å². The van der Waals surface area contributed by atoms with Crippen LogP contribution in [0.2, 0.25) is 0 Å². The third kappa shape index (κ3) is 22.7. The lowest BCUT2D eigenvalue weighted by Gasteiger charge is -1.99. The number of aliphatic carboxylic acids is 1. The molecule has 0 amide bonds. The minimum Gasteiger partial charge on any atom is -0.481 e. The summed E-state index contributed by atoms with van der Waals surface area (Å²) < 4.78 is 0. The van der Waals surface area contributed by atoms with Crippen molar-refractivity contribution >= 4 is 12.3 Å².